The second-order valence-corrected chi connectivity index (χ2v) is 11.5. The monoisotopic (exact) mass is 639 g/mol. The van der Waals surface area contributed by atoms with Gasteiger partial charge in [-0.15, -0.1) is 0 Å². The number of thioether (sulfide) groups is 1. The average Bonchev–Trinajstić information content (AvgIpc) is 2.96. The molecule has 1 unspecified atom stereocenters. The number of halogens is 1. The Morgan fingerprint density at radius 2 is 1.57 bits per heavy atom. The molecule has 0 radical (unpaired) electrons. The van der Waals surface area contributed by atoms with Gasteiger partial charge in [0.05, 0.1) is 29.2 Å². The minimum absolute atomic E-state index is 0.178. The lowest BCUT2D eigenvalue weighted by Crippen LogP contribution is -2.56. The molecule has 1 saturated heterocycles. The normalized spacial score (nSPS) is 23.1. The third-order valence-corrected chi connectivity index (χ3v) is 8.11. The molecule has 230 valence electrons. The zero-order valence-corrected chi connectivity index (χ0v) is 25.9. The molecule has 2 heterocycles. The number of hydrogen-bond donors (Lipinski definition) is 2. The minimum atomic E-state index is -1.21. The number of ether oxygens (including phenoxy) is 4. The van der Waals surface area contributed by atoms with Crippen molar-refractivity contribution in [3.63, 3.8) is 0 Å². The summed E-state index contributed by atoms with van der Waals surface area (Å²) in [6, 6.07) is 18.0. The lowest BCUT2D eigenvalue weighted by atomic mass is 9.82. The van der Waals surface area contributed by atoms with Crippen LogP contribution in [0.5, 0.6) is 0 Å². The van der Waals surface area contributed by atoms with Gasteiger partial charge in [-0.2, -0.15) is 5.26 Å². The van der Waals surface area contributed by atoms with Gasteiger partial charge in [-0.05, 0) is 36.8 Å². The third-order valence-electron chi connectivity index (χ3n) is 6.67. The summed E-state index contributed by atoms with van der Waals surface area (Å²) in [4.78, 5) is 49.6. The molecule has 0 saturated carbocycles. The van der Waals surface area contributed by atoms with Crippen LogP contribution in [0.15, 0.2) is 76.5 Å². The Morgan fingerprint density at radius 3 is 2.16 bits per heavy atom. The first-order chi connectivity index (χ1) is 21.0. The van der Waals surface area contributed by atoms with E-state index in [1.807, 2.05) is 6.07 Å². The summed E-state index contributed by atoms with van der Waals surface area (Å²) in [6.45, 7) is 5.09. The highest BCUT2D eigenvalue weighted by Gasteiger charge is 2.48. The van der Waals surface area contributed by atoms with Crippen molar-refractivity contribution in [2.24, 2.45) is 0 Å². The number of hydrogen-bond acceptors (Lipinski definition) is 11. The van der Waals surface area contributed by atoms with E-state index in [0.717, 1.165) is 11.8 Å². The summed E-state index contributed by atoms with van der Waals surface area (Å²) in [5, 5.41) is 17.4. The standard InChI is InChI=1S/C31H30ClN3O8S/c1-16-25(29(39)35-22-8-6-5-7-9-22)26(20-10-12-21(32)13-11-20)23(14-33)30(34-16)44-31-28(43-19(4)38)27(42-18(3)37)24(15-40-31)41-17(2)36/h5-13,24,26-28,31,34H,15H2,1-4H3,(H,35,39)/t24-,26?,27+,28-,31+/m1/s1. The molecule has 13 heteroatoms. The van der Waals surface area contributed by atoms with E-state index in [9.17, 15) is 24.4 Å². The quantitative estimate of drug-likeness (QED) is 0.309. The van der Waals surface area contributed by atoms with Crippen LogP contribution >= 0.6 is 23.4 Å². The van der Waals surface area contributed by atoms with Crippen molar-refractivity contribution < 1.29 is 38.1 Å². The van der Waals surface area contributed by atoms with Crippen molar-refractivity contribution in [3.8, 4) is 6.07 Å². The summed E-state index contributed by atoms with van der Waals surface area (Å²) in [5.41, 5.74) is 1.18. The Hall–Kier alpha value is -4.31. The van der Waals surface area contributed by atoms with Gasteiger partial charge in [0.15, 0.2) is 18.3 Å². The number of rotatable bonds is 8. The molecule has 11 nitrogen and oxygen atoms in total. The molecule has 4 rings (SSSR count). The molecule has 44 heavy (non-hydrogen) atoms. The van der Waals surface area contributed by atoms with Crippen LogP contribution in [0.2, 0.25) is 5.02 Å². The number of carbonyl (C=O) groups excluding carboxylic acids is 4. The molecule has 1 amide bonds. The van der Waals surface area contributed by atoms with E-state index in [2.05, 4.69) is 16.7 Å². The van der Waals surface area contributed by atoms with Gasteiger partial charge in [-0.1, -0.05) is 53.7 Å². The first kappa shape index (κ1) is 32.6. The second kappa shape index (κ2) is 14.4. The van der Waals surface area contributed by atoms with Gasteiger partial charge in [0.1, 0.15) is 5.44 Å². The Balaban J connectivity index is 1.75. The second-order valence-electron chi connectivity index (χ2n) is 9.94. The van der Waals surface area contributed by atoms with Crippen LogP contribution in [0.3, 0.4) is 0 Å². The van der Waals surface area contributed by atoms with E-state index in [4.69, 9.17) is 30.5 Å². The van der Waals surface area contributed by atoms with E-state index in [0.29, 0.717) is 32.6 Å². The zero-order valence-electron chi connectivity index (χ0n) is 24.3. The number of amides is 1. The first-order valence-corrected chi connectivity index (χ1v) is 14.8. The van der Waals surface area contributed by atoms with Crippen LogP contribution in [-0.2, 0) is 38.1 Å². The third kappa shape index (κ3) is 7.79. The molecule has 0 aliphatic carbocycles. The van der Waals surface area contributed by atoms with Crippen molar-refractivity contribution in [1.29, 1.82) is 5.26 Å². The Morgan fingerprint density at radius 1 is 0.955 bits per heavy atom. The molecular formula is C31H30ClN3O8S. The first-order valence-electron chi connectivity index (χ1n) is 13.5. The molecule has 2 aliphatic rings. The number of dihydropyridines is 1. The Bertz CT molecular complexity index is 1540. The number of nitriles is 1. The average molecular weight is 640 g/mol. The largest absolute Gasteiger partial charge is 0.456 e. The zero-order chi connectivity index (χ0) is 32.0. The maximum Gasteiger partial charge on any atom is 0.303 e. The Kier molecular flexibility index (Phi) is 10.7. The van der Waals surface area contributed by atoms with Crippen molar-refractivity contribution in [1.82, 2.24) is 5.32 Å². The number of nitrogens with zero attached hydrogens (tertiary/aromatic N) is 1. The number of anilines is 1. The fourth-order valence-corrected chi connectivity index (χ4v) is 6.29. The molecular weight excluding hydrogens is 610 g/mol. The molecule has 5 atom stereocenters. The number of para-hydroxylation sites is 1. The minimum Gasteiger partial charge on any atom is -0.456 e. The van der Waals surface area contributed by atoms with Gasteiger partial charge in [0.25, 0.3) is 5.91 Å². The molecule has 0 aromatic heterocycles. The van der Waals surface area contributed by atoms with E-state index >= 15 is 0 Å². The Labute approximate surface area is 263 Å². The molecule has 0 spiro atoms. The highest BCUT2D eigenvalue weighted by molar-refractivity contribution is 8.03. The van der Waals surface area contributed by atoms with Gasteiger partial charge < -0.3 is 29.6 Å². The molecule has 2 N–H and O–H groups in total. The van der Waals surface area contributed by atoms with E-state index in [1.54, 1.807) is 55.5 Å². The van der Waals surface area contributed by atoms with Gasteiger partial charge in [0.2, 0.25) is 0 Å². The fraction of sp³-hybridized carbons (Fsp3) is 0.323. The van der Waals surface area contributed by atoms with Crippen molar-refractivity contribution >= 4 is 52.9 Å². The van der Waals surface area contributed by atoms with Crippen LogP contribution in [0.1, 0.15) is 39.2 Å². The number of esters is 3. The SMILES string of the molecule is CC(=O)O[C@@H]1[C@@H](OC(C)=O)[C@H](SC2=C(C#N)C(c3ccc(Cl)cc3)C(C(=O)Nc3ccccc3)=C(C)N2)OC[C@H]1OC(C)=O. The van der Waals surface area contributed by atoms with Gasteiger partial charge >= 0.3 is 17.9 Å². The maximum absolute atomic E-state index is 13.7. The summed E-state index contributed by atoms with van der Waals surface area (Å²) in [7, 11) is 0. The van der Waals surface area contributed by atoms with Gasteiger partial charge in [0, 0.05) is 42.8 Å². The lowest BCUT2D eigenvalue weighted by Gasteiger charge is -2.41. The van der Waals surface area contributed by atoms with E-state index < -0.39 is 53.5 Å². The van der Waals surface area contributed by atoms with E-state index in [1.165, 1.54) is 20.8 Å². The number of nitrogens with one attached hydrogen (secondary N) is 2. The van der Waals surface area contributed by atoms with E-state index in [-0.39, 0.29) is 12.2 Å². The van der Waals surface area contributed by atoms with Crippen LogP contribution in [0.4, 0.5) is 5.69 Å². The summed E-state index contributed by atoms with van der Waals surface area (Å²) in [5.74, 6) is -3.23. The lowest BCUT2D eigenvalue weighted by molar-refractivity contribution is -0.213. The van der Waals surface area contributed by atoms with Crippen molar-refractivity contribution in [2.75, 3.05) is 11.9 Å². The molecule has 0 bridgehead atoms. The van der Waals surface area contributed by atoms with Gasteiger partial charge in [-0.3, -0.25) is 19.2 Å². The maximum atomic E-state index is 13.7. The molecule has 1 fully saturated rings. The smallest absolute Gasteiger partial charge is 0.303 e. The summed E-state index contributed by atoms with van der Waals surface area (Å²) in [6.07, 6.45) is -3.44. The van der Waals surface area contributed by atoms with Crippen molar-refractivity contribution in [3.05, 3.63) is 87.1 Å². The number of carbonyl (C=O) groups is 4. The topological polar surface area (TPSA) is 153 Å². The van der Waals surface area contributed by atoms with Gasteiger partial charge in [-0.25, -0.2) is 0 Å². The van der Waals surface area contributed by atoms with Crippen LogP contribution in [0, 0.1) is 11.3 Å². The summed E-state index contributed by atoms with van der Waals surface area (Å²) < 4.78 is 22.3. The number of allylic oxidation sites excluding steroid dienone is 2. The van der Waals surface area contributed by atoms with Crippen LogP contribution in [0.25, 0.3) is 0 Å². The fourth-order valence-electron chi connectivity index (χ4n) is 4.94. The predicted octanol–water partition coefficient (Wildman–Crippen LogP) is 4.56. The predicted molar refractivity (Wildman–Crippen MR) is 162 cm³/mol. The number of benzene rings is 2. The van der Waals surface area contributed by atoms with Crippen LogP contribution in [-0.4, -0.2) is 54.2 Å². The van der Waals surface area contributed by atoms with Crippen molar-refractivity contribution in [2.45, 2.75) is 57.4 Å². The summed E-state index contributed by atoms with van der Waals surface area (Å²) >= 11 is 7.18. The molecule has 2 aromatic rings. The van der Waals surface area contributed by atoms with Crippen LogP contribution < -0.4 is 10.6 Å². The molecule has 2 aliphatic heterocycles. The molecule has 2 aromatic carbocycles. The highest BCUT2D eigenvalue weighted by Crippen LogP contribution is 2.44. The highest BCUT2D eigenvalue weighted by atomic mass is 35.5.